The Morgan fingerprint density at radius 1 is 1.08 bits per heavy atom. The highest BCUT2D eigenvalue weighted by Gasteiger charge is 2.41. The maximum absolute atomic E-state index is 12.2. The number of carboxylic acids is 1. The van der Waals surface area contributed by atoms with Crippen molar-refractivity contribution in [1.29, 1.82) is 0 Å². The smallest absolute Gasteiger partial charge is 0.321 e. The second-order valence-electron chi connectivity index (χ2n) is 6.46. The van der Waals surface area contributed by atoms with Gasteiger partial charge in [0.15, 0.2) is 5.92 Å². The van der Waals surface area contributed by atoms with Crippen molar-refractivity contribution in [1.82, 2.24) is 0 Å². The molecule has 1 aromatic rings. The van der Waals surface area contributed by atoms with Gasteiger partial charge in [0.05, 0.1) is 5.92 Å². The van der Waals surface area contributed by atoms with E-state index in [0.29, 0.717) is 0 Å². The van der Waals surface area contributed by atoms with E-state index in [9.17, 15) is 19.5 Å². The molecule has 0 aromatic heterocycles. The zero-order chi connectivity index (χ0) is 18.3. The lowest BCUT2D eigenvalue weighted by atomic mass is 9.90. The highest BCUT2D eigenvalue weighted by Crippen LogP contribution is 2.23. The van der Waals surface area contributed by atoms with Gasteiger partial charge in [-0.2, -0.15) is 0 Å². The summed E-state index contributed by atoms with van der Waals surface area (Å²) in [7, 11) is 0. The van der Waals surface area contributed by atoms with Crippen molar-refractivity contribution >= 4 is 17.9 Å². The summed E-state index contributed by atoms with van der Waals surface area (Å²) in [5.74, 6) is -5.73. The summed E-state index contributed by atoms with van der Waals surface area (Å²) in [6, 6.07) is 8.91. The van der Waals surface area contributed by atoms with Crippen LogP contribution in [0.1, 0.15) is 39.7 Å². The quantitative estimate of drug-likeness (QED) is 0.608. The Morgan fingerprint density at radius 2 is 1.67 bits per heavy atom. The van der Waals surface area contributed by atoms with Gasteiger partial charge in [0.1, 0.15) is 12.2 Å². The summed E-state index contributed by atoms with van der Waals surface area (Å²) in [4.78, 5) is 36.0. The summed E-state index contributed by atoms with van der Waals surface area (Å²) in [6.45, 7) is 6.63. The minimum Gasteiger partial charge on any atom is -0.481 e. The van der Waals surface area contributed by atoms with E-state index in [2.05, 4.69) is 0 Å². The van der Waals surface area contributed by atoms with Gasteiger partial charge < -0.3 is 14.6 Å². The van der Waals surface area contributed by atoms with Crippen LogP contribution in [0.3, 0.4) is 0 Å². The topological polar surface area (TPSA) is 89.9 Å². The van der Waals surface area contributed by atoms with Crippen LogP contribution in [-0.2, 0) is 30.5 Å². The number of rotatable bonds is 7. The molecule has 6 heteroatoms. The maximum Gasteiger partial charge on any atom is 0.321 e. The van der Waals surface area contributed by atoms with Crippen LogP contribution in [0.2, 0.25) is 0 Å². The monoisotopic (exact) mass is 336 g/mol. The van der Waals surface area contributed by atoms with Crippen LogP contribution < -0.4 is 0 Å². The lowest BCUT2D eigenvalue weighted by Gasteiger charge is -2.25. The van der Waals surface area contributed by atoms with Gasteiger partial charge in [-0.15, -0.1) is 0 Å². The van der Waals surface area contributed by atoms with Crippen LogP contribution in [-0.4, -0.2) is 28.6 Å². The molecule has 0 aliphatic carbocycles. The minimum absolute atomic E-state index is 0.0474. The van der Waals surface area contributed by atoms with Gasteiger partial charge in [0.25, 0.3) is 0 Å². The van der Waals surface area contributed by atoms with Crippen LogP contribution in [0.4, 0.5) is 0 Å². The molecule has 0 spiro atoms. The number of hydrogen-bond acceptors (Lipinski definition) is 5. The minimum atomic E-state index is -1.59. The number of ether oxygens (including phenoxy) is 2. The van der Waals surface area contributed by atoms with Crippen molar-refractivity contribution in [3.8, 4) is 0 Å². The predicted octanol–water partition coefficient (Wildman–Crippen LogP) is 2.80. The van der Waals surface area contributed by atoms with Crippen LogP contribution in [0, 0.1) is 11.8 Å². The third-order valence-corrected chi connectivity index (χ3v) is 3.30. The molecule has 24 heavy (non-hydrogen) atoms. The molecule has 1 rings (SSSR count). The van der Waals surface area contributed by atoms with Gasteiger partial charge in [-0.3, -0.25) is 14.4 Å². The molecule has 6 nitrogen and oxygen atoms in total. The van der Waals surface area contributed by atoms with E-state index in [-0.39, 0.29) is 13.0 Å². The van der Waals surface area contributed by atoms with Crippen molar-refractivity contribution in [3.05, 3.63) is 35.9 Å². The first-order valence-corrected chi connectivity index (χ1v) is 7.82. The Morgan fingerprint density at radius 3 is 2.12 bits per heavy atom. The second-order valence-corrected chi connectivity index (χ2v) is 6.46. The fourth-order valence-corrected chi connectivity index (χ4v) is 2.17. The van der Waals surface area contributed by atoms with Gasteiger partial charge in [-0.25, -0.2) is 0 Å². The lowest BCUT2D eigenvalue weighted by molar-refractivity contribution is -0.175. The van der Waals surface area contributed by atoms with E-state index >= 15 is 0 Å². The Labute approximate surface area is 141 Å². The SMILES string of the molecule is CC[C@@H](C(=O)OC(C)(C)C)C(C(=O)O)C(=O)OCc1ccccc1. The van der Waals surface area contributed by atoms with Crippen molar-refractivity contribution in [3.63, 3.8) is 0 Å². The molecule has 2 atom stereocenters. The molecule has 0 fully saturated rings. The molecule has 0 aliphatic heterocycles. The number of aliphatic carboxylic acids is 1. The molecule has 0 amide bonds. The summed E-state index contributed by atoms with van der Waals surface area (Å²) in [5.41, 5.74) is -0.0260. The van der Waals surface area contributed by atoms with Crippen molar-refractivity contribution in [2.45, 2.75) is 46.3 Å². The summed E-state index contributed by atoms with van der Waals surface area (Å²) in [5, 5.41) is 9.38. The molecule has 0 bridgehead atoms. The van der Waals surface area contributed by atoms with Gasteiger partial charge >= 0.3 is 17.9 Å². The first kappa shape index (κ1) is 19.7. The molecule has 1 N–H and O–H groups in total. The average molecular weight is 336 g/mol. The standard InChI is InChI=1S/C18H24O6/c1-5-13(16(21)24-18(2,3)4)14(15(19)20)17(22)23-11-12-9-7-6-8-10-12/h6-10,13-14H,5,11H2,1-4H3,(H,19,20)/t13-,14?/m1/s1. The number of carboxylic acid groups (broad SMARTS) is 1. The van der Waals surface area contributed by atoms with Crippen molar-refractivity contribution in [2.75, 3.05) is 0 Å². The Hall–Kier alpha value is -2.37. The highest BCUT2D eigenvalue weighted by atomic mass is 16.6. The number of hydrogen-bond donors (Lipinski definition) is 1. The first-order chi connectivity index (χ1) is 11.2. The molecule has 0 aliphatic rings. The number of benzene rings is 1. The third kappa shape index (κ3) is 6.02. The molecule has 0 heterocycles. The molecule has 132 valence electrons. The summed E-state index contributed by atoms with van der Waals surface area (Å²) < 4.78 is 10.3. The van der Waals surface area contributed by atoms with E-state index in [4.69, 9.17) is 9.47 Å². The zero-order valence-electron chi connectivity index (χ0n) is 14.4. The van der Waals surface area contributed by atoms with Crippen molar-refractivity contribution < 1.29 is 29.0 Å². The van der Waals surface area contributed by atoms with Crippen LogP contribution in [0.15, 0.2) is 30.3 Å². The van der Waals surface area contributed by atoms with E-state index in [1.54, 1.807) is 52.0 Å². The van der Waals surface area contributed by atoms with E-state index in [0.717, 1.165) is 5.56 Å². The van der Waals surface area contributed by atoms with E-state index in [1.807, 2.05) is 6.07 Å². The summed E-state index contributed by atoms with van der Waals surface area (Å²) in [6.07, 6.45) is 0.159. The maximum atomic E-state index is 12.2. The normalized spacial score (nSPS) is 13.7. The molecule has 0 saturated carbocycles. The predicted molar refractivity (Wildman–Crippen MR) is 87.0 cm³/mol. The number of carbonyl (C=O) groups is 3. The lowest BCUT2D eigenvalue weighted by Crippen LogP contribution is -2.40. The Balaban J connectivity index is 2.84. The zero-order valence-corrected chi connectivity index (χ0v) is 14.4. The Kier molecular flexibility index (Phi) is 6.95. The number of esters is 2. The molecule has 1 aromatic carbocycles. The fourth-order valence-electron chi connectivity index (χ4n) is 2.17. The molecule has 1 unspecified atom stereocenters. The highest BCUT2D eigenvalue weighted by molar-refractivity contribution is 5.98. The van der Waals surface area contributed by atoms with Gasteiger partial charge in [0, 0.05) is 0 Å². The molecular formula is C18H24O6. The largest absolute Gasteiger partial charge is 0.481 e. The molecular weight excluding hydrogens is 312 g/mol. The van der Waals surface area contributed by atoms with Gasteiger partial charge in [-0.05, 0) is 32.8 Å². The Bertz CT molecular complexity index is 573. The first-order valence-electron chi connectivity index (χ1n) is 7.82. The fraction of sp³-hybridized carbons (Fsp3) is 0.500. The van der Waals surface area contributed by atoms with Crippen LogP contribution >= 0.6 is 0 Å². The van der Waals surface area contributed by atoms with Gasteiger partial charge in [-0.1, -0.05) is 37.3 Å². The second kappa shape index (κ2) is 8.47. The van der Waals surface area contributed by atoms with Gasteiger partial charge in [0.2, 0.25) is 0 Å². The average Bonchev–Trinajstić information content (AvgIpc) is 2.48. The van der Waals surface area contributed by atoms with E-state index < -0.39 is 35.3 Å². The van der Waals surface area contributed by atoms with Crippen LogP contribution in [0.25, 0.3) is 0 Å². The molecule has 0 saturated heterocycles. The number of carbonyl (C=O) groups excluding carboxylic acids is 2. The summed E-state index contributed by atoms with van der Waals surface area (Å²) >= 11 is 0. The van der Waals surface area contributed by atoms with Crippen molar-refractivity contribution in [2.24, 2.45) is 11.8 Å². The van der Waals surface area contributed by atoms with E-state index in [1.165, 1.54) is 0 Å². The molecule has 0 radical (unpaired) electrons. The third-order valence-electron chi connectivity index (χ3n) is 3.30. The van der Waals surface area contributed by atoms with Crippen LogP contribution in [0.5, 0.6) is 0 Å².